The van der Waals surface area contributed by atoms with E-state index in [4.69, 9.17) is 9.15 Å². The van der Waals surface area contributed by atoms with Crippen molar-refractivity contribution in [2.75, 3.05) is 33.3 Å². The number of nitrogens with zero attached hydrogens (tertiary/aromatic N) is 2. The van der Waals surface area contributed by atoms with E-state index in [0.717, 1.165) is 43.7 Å². The van der Waals surface area contributed by atoms with Crippen LogP contribution in [-0.2, 0) is 17.8 Å². The highest BCUT2D eigenvalue weighted by Crippen LogP contribution is 2.24. The lowest BCUT2D eigenvalue weighted by Gasteiger charge is -2.34. The number of aryl methyl sites for hydroxylation is 1. The molecule has 2 aromatic heterocycles. The van der Waals surface area contributed by atoms with Crippen LogP contribution in [0, 0.1) is 6.92 Å². The van der Waals surface area contributed by atoms with Crippen LogP contribution in [0.3, 0.4) is 0 Å². The van der Waals surface area contributed by atoms with E-state index in [-0.39, 0.29) is 11.5 Å². The maximum Gasteiger partial charge on any atom is 0.339 e. The number of rotatable bonds is 6. The standard InChI is InChI=1S/C23H26N2O4S/c1-16-19-6-5-17(28-2)14-21(19)29-23(27)20(16)7-8-22(26)25-11-9-24(10-12-25)15-18-4-3-13-30-18/h3-6,13-14H,7-12,15H2,1-2H3. The van der Waals surface area contributed by atoms with Crippen LogP contribution in [0.25, 0.3) is 11.0 Å². The molecule has 0 bridgehead atoms. The van der Waals surface area contributed by atoms with Gasteiger partial charge in [-0.3, -0.25) is 9.69 Å². The number of hydrogen-bond acceptors (Lipinski definition) is 6. The number of fused-ring (bicyclic) bond motifs is 1. The molecule has 0 radical (unpaired) electrons. The van der Waals surface area contributed by atoms with Gasteiger partial charge < -0.3 is 14.1 Å². The number of carbonyl (C=O) groups excluding carboxylic acids is 1. The van der Waals surface area contributed by atoms with Gasteiger partial charge in [-0.25, -0.2) is 4.79 Å². The average Bonchev–Trinajstić information content (AvgIpc) is 3.26. The molecule has 0 atom stereocenters. The van der Waals surface area contributed by atoms with Crippen molar-refractivity contribution in [1.82, 2.24) is 9.80 Å². The van der Waals surface area contributed by atoms with Crippen LogP contribution in [0.1, 0.15) is 22.4 Å². The van der Waals surface area contributed by atoms with Gasteiger partial charge in [0, 0.05) is 61.0 Å². The number of ether oxygens (including phenoxy) is 1. The molecule has 1 fully saturated rings. The van der Waals surface area contributed by atoms with Crippen molar-refractivity contribution >= 4 is 28.2 Å². The summed E-state index contributed by atoms with van der Waals surface area (Å²) < 4.78 is 10.7. The zero-order valence-corrected chi connectivity index (χ0v) is 18.2. The first-order valence-corrected chi connectivity index (χ1v) is 11.1. The number of hydrogen-bond donors (Lipinski definition) is 0. The number of piperazine rings is 1. The van der Waals surface area contributed by atoms with Gasteiger partial charge >= 0.3 is 5.63 Å². The number of carbonyl (C=O) groups is 1. The van der Waals surface area contributed by atoms with Crippen molar-refractivity contribution in [2.24, 2.45) is 0 Å². The Morgan fingerprint density at radius 2 is 2.00 bits per heavy atom. The van der Waals surface area contributed by atoms with Crippen LogP contribution in [-0.4, -0.2) is 49.0 Å². The second kappa shape index (κ2) is 9.02. The Hall–Kier alpha value is -2.64. The molecule has 6 nitrogen and oxygen atoms in total. The van der Waals surface area contributed by atoms with Gasteiger partial charge in [0.1, 0.15) is 11.3 Å². The second-order valence-corrected chi connectivity index (χ2v) is 8.62. The molecule has 3 aromatic rings. The number of benzene rings is 1. The first-order chi connectivity index (χ1) is 14.5. The van der Waals surface area contributed by atoms with Crippen LogP contribution in [0.15, 0.2) is 44.9 Å². The highest BCUT2D eigenvalue weighted by Gasteiger charge is 2.22. The van der Waals surface area contributed by atoms with E-state index in [2.05, 4.69) is 22.4 Å². The molecule has 158 valence electrons. The smallest absolute Gasteiger partial charge is 0.339 e. The van der Waals surface area contributed by atoms with Gasteiger partial charge in [0.2, 0.25) is 5.91 Å². The highest BCUT2D eigenvalue weighted by atomic mass is 32.1. The number of methoxy groups -OCH3 is 1. The average molecular weight is 427 g/mol. The third-order valence-corrected chi connectivity index (χ3v) is 6.63. The molecule has 0 spiro atoms. The van der Waals surface area contributed by atoms with Crippen LogP contribution in [0.4, 0.5) is 0 Å². The minimum absolute atomic E-state index is 0.0967. The van der Waals surface area contributed by atoms with Gasteiger partial charge in [0.05, 0.1) is 7.11 Å². The Balaban J connectivity index is 1.37. The van der Waals surface area contributed by atoms with E-state index in [1.165, 1.54) is 4.88 Å². The summed E-state index contributed by atoms with van der Waals surface area (Å²) in [5.74, 6) is 0.741. The Kier molecular flexibility index (Phi) is 6.20. The summed E-state index contributed by atoms with van der Waals surface area (Å²) in [6.07, 6.45) is 0.711. The van der Waals surface area contributed by atoms with Gasteiger partial charge in [0.15, 0.2) is 0 Å². The lowest BCUT2D eigenvalue weighted by molar-refractivity contribution is -0.133. The molecule has 3 heterocycles. The van der Waals surface area contributed by atoms with Gasteiger partial charge in [0.25, 0.3) is 0 Å². The minimum Gasteiger partial charge on any atom is -0.497 e. The van der Waals surface area contributed by atoms with E-state index in [1.54, 1.807) is 24.5 Å². The van der Waals surface area contributed by atoms with Crippen molar-refractivity contribution in [2.45, 2.75) is 26.3 Å². The van der Waals surface area contributed by atoms with E-state index >= 15 is 0 Å². The predicted molar refractivity (Wildman–Crippen MR) is 118 cm³/mol. The third kappa shape index (κ3) is 4.42. The summed E-state index contributed by atoms with van der Waals surface area (Å²) >= 11 is 1.77. The molecule has 7 heteroatoms. The normalized spacial score (nSPS) is 14.9. The zero-order valence-electron chi connectivity index (χ0n) is 17.3. The third-order valence-electron chi connectivity index (χ3n) is 5.77. The monoisotopic (exact) mass is 426 g/mol. The zero-order chi connectivity index (χ0) is 21.1. The van der Waals surface area contributed by atoms with E-state index in [9.17, 15) is 9.59 Å². The van der Waals surface area contributed by atoms with E-state index < -0.39 is 0 Å². The maximum atomic E-state index is 12.7. The van der Waals surface area contributed by atoms with Gasteiger partial charge in [-0.15, -0.1) is 11.3 Å². The van der Waals surface area contributed by atoms with Crippen molar-refractivity contribution in [3.8, 4) is 5.75 Å². The molecule has 30 heavy (non-hydrogen) atoms. The predicted octanol–water partition coefficient (Wildman–Crippen LogP) is 3.45. The fourth-order valence-corrected chi connectivity index (χ4v) is 4.71. The van der Waals surface area contributed by atoms with Crippen LogP contribution >= 0.6 is 11.3 Å². The first-order valence-electron chi connectivity index (χ1n) is 10.2. The summed E-state index contributed by atoms with van der Waals surface area (Å²) in [5, 5.41) is 2.97. The molecule has 4 rings (SSSR count). The van der Waals surface area contributed by atoms with Crippen molar-refractivity contribution < 1.29 is 13.9 Å². The molecule has 1 aromatic carbocycles. The van der Waals surface area contributed by atoms with Crippen LogP contribution in [0.2, 0.25) is 0 Å². The molecular weight excluding hydrogens is 400 g/mol. The second-order valence-electron chi connectivity index (χ2n) is 7.59. The Morgan fingerprint density at radius 3 is 2.70 bits per heavy atom. The molecular formula is C23H26N2O4S. The quantitative estimate of drug-likeness (QED) is 0.565. The van der Waals surface area contributed by atoms with Crippen molar-refractivity contribution in [1.29, 1.82) is 0 Å². The summed E-state index contributed by atoms with van der Waals surface area (Å²) in [6, 6.07) is 9.68. The van der Waals surface area contributed by atoms with Crippen molar-refractivity contribution in [3.05, 3.63) is 62.1 Å². The van der Waals surface area contributed by atoms with E-state index in [0.29, 0.717) is 29.7 Å². The molecule has 0 saturated carbocycles. The molecule has 1 saturated heterocycles. The largest absolute Gasteiger partial charge is 0.497 e. The fourth-order valence-electron chi connectivity index (χ4n) is 3.96. The molecule has 0 unspecified atom stereocenters. The molecule has 1 amide bonds. The summed E-state index contributed by atoms with van der Waals surface area (Å²) in [5.41, 5.74) is 1.59. The summed E-state index contributed by atoms with van der Waals surface area (Å²) in [7, 11) is 1.58. The summed E-state index contributed by atoms with van der Waals surface area (Å²) in [6.45, 7) is 6.08. The first kappa shape index (κ1) is 20.6. The van der Waals surface area contributed by atoms with Gasteiger partial charge in [-0.05, 0) is 42.5 Å². The fraction of sp³-hybridized carbons (Fsp3) is 0.391. The molecule has 1 aliphatic rings. The lowest BCUT2D eigenvalue weighted by Crippen LogP contribution is -2.48. The molecule has 1 aliphatic heterocycles. The highest BCUT2D eigenvalue weighted by molar-refractivity contribution is 7.09. The summed E-state index contributed by atoms with van der Waals surface area (Å²) in [4.78, 5) is 30.9. The topological polar surface area (TPSA) is 63.0 Å². The lowest BCUT2D eigenvalue weighted by atomic mass is 10.0. The Morgan fingerprint density at radius 1 is 1.20 bits per heavy atom. The number of amides is 1. The minimum atomic E-state index is -0.373. The van der Waals surface area contributed by atoms with Gasteiger partial charge in [-0.1, -0.05) is 6.07 Å². The van der Waals surface area contributed by atoms with E-state index in [1.807, 2.05) is 24.0 Å². The Labute approximate surface area is 179 Å². The SMILES string of the molecule is COc1ccc2c(C)c(CCC(=O)N3CCN(Cc4cccs4)CC3)c(=O)oc2c1. The number of thiophene rings is 1. The van der Waals surface area contributed by atoms with Crippen LogP contribution < -0.4 is 10.4 Å². The maximum absolute atomic E-state index is 12.7. The Bertz CT molecular complexity index is 1080. The van der Waals surface area contributed by atoms with Crippen molar-refractivity contribution in [3.63, 3.8) is 0 Å². The van der Waals surface area contributed by atoms with Crippen LogP contribution in [0.5, 0.6) is 5.75 Å². The van der Waals surface area contributed by atoms with Gasteiger partial charge in [-0.2, -0.15) is 0 Å². The molecule has 0 aliphatic carbocycles. The molecule has 0 N–H and O–H groups in total.